The Morgan fingerprint density at radius 3 is 2.45 bits per heavy atom. The fourth-order valence-electron chi connectivity index (χ4n) is 0.811. The SMILES string of the molecule is [Li+].[O-]CCc1ccccc1F. The molecule has 0 heterocycles. The van der Waals surface area contributed by atoms with Gasteiger partial charge in [0.2, 0.25) is 0 Å². The molecule has 0 amide bonds. The van der Waals surface area contributed by atoms with Crippen LogP contribution < -0.4 is 24.0 Å². The summed E-state index contributed by atoms with van der Waals surface area (Å²) in [5.74, 6) is -0.279. The zero-order valence-electron chi connectivity index (χ0n) is 6.51. The van der Waals surface area contributed by atoms with Crippen molar-refractivity contribution in [1.82, 2.24) is 0 Å². The van der Waals surface area contributed by atoms with Gasteiger partial charge in [0.25, 0.3) is 0 Å². The van der Waals surface area contributed by atoms with Crippen LogP contribution in [0.2, 0.25) is 0 Å². The second kappa shape index (κ2) is 5.37. The Kier molecular flexibility index (Phi) is 5.23. The van der Waals surface area contributed by atoms with Crippen molar-refractivity contribution in [3.05, 3.63) is 35.6 Å². The molecule has 0 unspecified atom stereocenters. The first-order chi connectivity index (χ1) is 4.84. The fourth-order valence-corrected chi connectivity index (χ4v) is 0.811. The van der Waals surface area contributed by atoms with Crippen molar-refractivity contribution >= 4 is 0 Å². The molecule has 0 aromatic heterocycles. The molecule has 3 heteroatoms. The summed E-state index contributed by atoms with van der Waals surface area (Å²) >= 11 is 0. The Hall–Kier alpha value is -0.293. The summed E-state index contributed by atoms with van der Waals surface area (Å²) in [6.45, 7) is -0.249. The number of hydrogen-bond acceptors (Lipinski definition) is 1. The van der Waals surface area contributed by atoms with Crippen LogP contribution in [0.4, 0.5) is 4.39 Å². The number of benzene rings is 1. The standard InChI is InChI=1S/C8H8FO.Li/c9-8-4-2-1-3-7(8)5-6-10;/h1-4H,5-6H2;/q-1;+1. The normalized spacial score (nSPS) is 8.91. The predicted octanol–water partition coefficient (Wildman–Crippen LogP) is -2.27. The van der Waals surface area contributed by atoms with Crippen LogP contribution in [0.25, 0.3) is 0 Å². The van der Waals surface area contributed by atoms with Crippen molar-refractivity contribution in [1.29, 1.82) is 0 Å². The number of hydrogen-bond donors (Lipinski definition) is 0. The molecule has 0 fully saturated rings. The van der Waals surface area contributed by atoms with Crippen LogP contribution in [0.15, 0.2) is 24.3 Å². The van der Waals surface area contributed by atoms with E-state index in [1.807, 2.05) is 0 Å². The summed E-state index contributed by atoms with van der Waals surface area (Å²) in [7, 11) is 0. The van der Waals surface area contributed by atoms with Crippen LogP contribution in [0.1, 0.15) is 5.56 Å². The first kappa shape index (κ1) is 10.7. The number of halogens is 1. The molecule has 1 rings (SSSR count). The molecule has 54 valence electrons. The van der Waals surface area contributed by atoms with E-state index in [1.54, 1.807) is 18.2 Å². The molecule has 0 N–H and O–H groups in total. The van der Waals surface area contributed by atoms with Crippen LogP contribution >= 0.6 is 0 Å². The van der Waals surface area contributed by atoms with Gasteiger partial charge in [-0.2, -0.15) is 0 Å². The summed E-state index contributed by atoms with van der Waals surface area (Å²) in [5.41, 5.74) is 0.512. The van der Waals surface area contributed by atoms with Crippen LogP contribution in [0, 0.1) is 5.82 Å². The largest absolute Gasteiger partial charge is 1.00 e. The molecular formula is C8H8FLiO. The maximum absolute atomic E-state index is 12.6. The molecular weight excluding hydrogens is 138 g/mol. The minimum absolute atomic E-state index is 0. The molecule has 0 radical (unpaired) electrons. The van der Waals surface area contributed by atoms with Crippen LogP contribution in [0.5, 0.6) is 0 Å². The van der Waals surface area contributed by atoms with Crippen LogP contribution in [-0.4, -0.2) is 6.61 Å². The third-order valence-corrected chi connectivity index (χ3v) is 1.33. The molecule has 1 nitrogen and oxygen atoms in total. The minimum Gasteiger partial charge on any atom is -0.854 e. The predicted molar refractivity (Wildman–Crippen MR) is 35.0 cm³/mol. The van der Waals surface area contributed by atoms with Crippen molar-refractivity contribution in [3.8, 4) is 0 Å². The molecule has 1 aromatic rings. The molecule has 11 heavy (non-hydrogen) atoms. The van der Waals surface area contributed by atoms with Crippen molar-refractivity contribution < 1.29 is 28.4 Å². The quantitative estimate of drug-likeness (QED) is 0.431. The summed E-state index contributed by atoms with van der Waals surface area (Å²) in [6, 6.07) is 6.34. The summed E-state index contributed by atoms with van der Waals surface area (Å²) < 4.78 is 12.6. The molecule has 0 aliphatic heterocycles. The van der Waals surface area contributed by atoms with E-state index in [-0.39, 0.29) is 37.7 Å². The molecule has 1 aromatic carbocycles. The van der Waals surface area contributed by atoms with E-state index in [0.29, 0.717) is 5.56 Å². The van der Waals surface area contributed by atoms with E-state index >= 15 is 0 Å². The van der Waals surface area contributed by atoms with E-state index in [1.165, 1.54) is 6.07 Å². The molecule has 0 spiro atoms. The van der Waals surface area contributed by atoms with Gasteiger partial charge in [-0.05, 0) is 18.1 Å². The third kappa shape index (κ3) is 3.07. The fraction of sp³-hybridized carbons (Fsp3) is 0.250. The van der Waals surface area contributed by atoms with Crippen molar-refractivity contribution in [2.45, 2.75) is 6.42 Å². The summed E-state index contributed by atoms with van der Waals surface area (Å²) in [5, 5.41) is 10.1. The van der Waals surface area contributed by atoms with Gasteiger partial charge in [-0.1, -0.05) is 18.2 Å². The van der Waals surface area contributed by atoms with Gasteiger partial charge < -0.3 is 5.11 Å². The van der Waals surface area contributed by atoms with E-state index in [9.17, 15) is 9.50 Å². The Labute approximate surface area is 77.4 Å². The van der Waals surface area contributed by atoms with E-state index in [0.717, 1.165) is 0 Å². The van der Waals surface area contributed by atoms with Crippen molar-refractivity contribution in [2.24, 2.45) is 0 Å². The molecule has 0 saturated carbocycles. The molecule has 0 saturated heterocycles. The maximum atomic E-state index is 12.6. The minimum atomic E-state index is -0.279. The average molecular weight is 146 g/mol. The average Bonchev–Trinajstić information content (AvgIpc) is 1.94. The Morgan fingerprint density at radius 1 is 1.27 bits per heavy atom. The Morgan fingerprint density at radius 2 is 1.91 bits per heavy atom. The van der Waals surface area contributed by atoms with Gasteiger partial charge in [0.15, 0.2) is 0 Å². The van der Waals surface area contributed by atoms with Gasteiger partial charge >= 0.3 is 18.9 Å². The molecule has 0 aliphatic rings. The summed E-state index contributed by atoms with van der Waals surface area (Å²) in [4.78, 5) is 0. The van der Waals surface area contributed by atoms with Crippen LogP contribution in [0.3, 0.4) is 0 Å². The van der Waals surface area contributed by atoms with Crippen LogP contribution in [-0.2, 0) is 6.42 Å². The van der Waals surface area contributed by atoms with Gasteiger partial charge in [0.1, 0.15) is 5.82 Å². The van der Waals surface area contributed by atoms with Crippen molar-refractivity contribution in [3.63, 3.8) is 0 Å². The van der Waals surface area contributed by atoms with E-state index in [2.05, 4.69) is 0 Å². The zero-order chi connectivity index (χ0) is 7.40. The van der Waals surface area contributed by atoms with E-state index < -0.39 is 0 Å². The zero-order valence-corrected chi connectivity index (χ0v) is 6.51. The second-order valence-corrected chi connectivity index (χ2v) is 2.05. The number of rotatable bonds is 2. The van der Waals surface area contributed by atoms with Gasteiger partial charge in [0.05, 0.1) is 0 Å². The Bertz CT molecular complexity index is 215. The van der Waals surface area contributed by atoms with Crippen molar-refractivity contribution in [2.75, 3.05) is 6.61 Å². The van der Waals surface area contributed by atoms with Gasteiger partial charge in [0, 0.05) is 0 Å². The summed E-state index contributed by atoms with van der Waals surface area (Å²) in [6.07, 6.45) is 0.284. The van der Waals surface area contributed by atoms with Gasteiger partial charge in [-0.3, -0.25) is 0 Å². The monoisotopic (exact) mass is 146 g/mol. The molecule has 0 atom stereocenters. The van der Waals surface area contributed by atoms with Gasteiger partial charge in [-0.15, -0.1) is 6.61 Å². The van der Waals surface area contributed by atoms with Gasteiger partial charge in [-0.25, -0.2) is 4.39 Å². The second-order valence-electron chi connectivity index (χ2n) is 2.05. The third-order valence-electron chi connectivity index (χ3n) is 1.33. The smallest absolute Gasteiger partial charge is 0.854 e. The van der Waals surface area contributed by atoms with E-state index in [4.69, 9.17) is 0 Å². The molecule has 0 aliphatic carbocycles. The maximum Gasteiger partial charge on any atom is 1.00 e. The first-order valence-corrected chi connectivity index (χ1v) is 3.16. The topological polar surface area (TPSA) is 23.1 Å². The first-order valence-electron chi connectivity index (χ1n) is 3.16. The Balaban J connectivity index is 0.000001000. The molecule has 0 bridgehead atoms.